The molecule has 1 N–H and O–H groups in total. The number of ether oxygens (including phenoxy) is 2. The van der Waals surface area contributed by atoms with Crippen molar-refractivity contribution < 1.29 is 9.47 Å². The Labute approximate surface area is 131 Å². The first-order valence-corrected chi connectivity index (χ1v) is 7.85. The summed E-state index contributed by atoms with van der Waals surface area (Å²) in [5.41, 5.74) is 1.08. The molecule has 0 unspecified atom stereocenters. The molecule has 1 fully saturated rings. The summed E-state index contributed by atoms with van der Waals surface area (Å²) in [6.07, 6.45) is 4.15. The lowest BCUT2D eigenvalue weighted by Gasteiger charge is -2.23. The predicted molar refractivity (Wildman–Crippen MR) is 86.6 cm³/mol. The monoisotopic (exact) mass is 298 g/mol. The van der Waals surface area contributed by atoms with E-state index in [0.717, 1.165) is 24.4 Å². The minimum absolute atomic E-state index is 0.528. The van der Waals surface area contributed by atoms with E-state index < -0.39 is 0 Å². The Morgan fingerprint density at radius 1 is 1.18 bits per heavy atom. The van der Waals surface area contributed by atoms with Crippen molar-refractivity contribution in [3.63, 3.8) is 0 Å². The first kappa shape index (κ1) is 14.9. The minimum Gasteiger partial charge on any atom is -0.488 e. The molecule has 0 saturated carbocycles. The van der Waals surface area contributed by atoms with Crippen molar-refractivity contribution in [3.8, 4) is 17.4 Å². The number of hydrogen-bond acceptors (Lipinski definition) is 4. The number of aromatic nitrogens is 1. The Balaban J connectivity index is 1.68. The van der Waals surface area contributed by atoms with Gasteiger partial charge in [-0.05, 0) is 50.1 Å². The van der Waals surface area contributed by atoms with Crippen LogP contribution in [0.15, 0.2) is 42.6 Å². The highest BCUT2D eigenvalue weighted by Crippen LogP contribution is 2.31. The standard InChI is InChI=1S/C18H22N2O2/c1-14-6-2-3-8-16(14)22-18-17(9-5-11-20-18)21-13-15-7-4-10-19-12-15/h2-3,5-6,8-9,11,15,19H,4,7,10,12-13H2,1H3/t15-/m0/s1. The second-order valence-corrected chi connectivity index (χ2v) is 5.70. The van der Waals surface area contributed by atoms with Crippen molar-refractivity contribution in [2.24, 2.45) is 5.92 Å². The highest BCUT2D eigenvalue weighted by atomic mass is 16.5. The molecule has 0 aliphatic carbocycles. The third-order valence-corrected chi connectivity index (χ3v) is 3.91. The van der Waals surface area contributed by atoms with Gasteiger partial charge in [-0.3, -0.25) is 0 Å². The van der Waals surface area contributed by atoms with Gasteiger partial charge in [-0.2, -0.15) is 0 Å². The molecular formula is C18H22N2O2. The molecule has 4 heteroatoms. The lowest BCUT2D eigenvalue weighted by atomic mass is 10.0. The van der Waals surface area contributed by atoms with Gasteiger partial charge in [-0.15, -0.1) is 0 Å². The van der Waals surface area contributed by atoms with Crippen LogP contribution in [0.3, 0.4) is 0 Å². The van der Waals surface area contributed by atoms with E-state index in [1.807, 2.05) is 43.3 Å². The van der Waals surface area contributed by atoms with E-state index in [2.05, 4.69) is 10.3 Å². The number of nitrogens with one attached hydrogen (secondary N) is 1. The molecule has 22 heavy (non-hydrogen) atoms. The Bertz CT molecular complexity index is 610. The quantitative estimate of drug-likeness (QED) is 0.916. The highest BCUT2D eigenvalue weighted by Gasteiger charge is 2.15. The molecular weight excluding hydrogens is 276 g/mol. The third-order valence-electron chi connectivity index (χ3n) is 3.91. The summed E-state index contributed by atoms with van der Waals surface area (Å²) < 4.78 is 11.9. The summed E-state index contributed by atoms with van der Waals surface area (Å²) in [6.45, 7) is 4.86. The van der Waals surface area contributed by atoms with Crippen LogP contribution in [-0.4, -0.2) is 24.7 Å². The van der Waals surface area contributed by atoms with Crippen molar-refractivity contribution >= 4 is 0 Å². The van der Waals surface area contributed by atoms with Gasteiger partial charge < -0.3 is 14.8 Å². The summed E-state index contributed by atoms with van der Waals surface area (Å²) in [5.74, 6) is 2.60. The summed E-state index contributed by atoms with van der Waals surface area (Å²) in [6, 6.07) is 11.7. The predicted octanol–water partition coefficient (Wildman–Crippen LogP) is 3.56. The highest BCUT2D eigenvalue weighted by molar-refractivity contribution is 5.40. The van der Waals surface area contributed by atoms with E-state index in [-0.39, 0.29) is 0 Å². The zero-order valence-electron chi connectivity index (χ0n) is 12.9. The number of piperidine rings is 1. The van der Waals surface area contributed by atoms with E-state index in [9.17, 15) is 0 Å². The topological polar surface area (TPSA) is 43.4 Å². The van der Waals surface area contributed by atoms with Crippen LogP contribution in [0.25, 0.3) is 0 Å². The zero-order valence-corrected chi connectivity index (χ0v) is 12.9. The number of para-hydroxylation sites is 1. The van der Waals surface area contributed by atoms with Crippen LogP contribution in [-0.2, 0) is 0 Å². The van der Waals surface area contributed by atoms with Crippen LogP contribution < -0.4 is 14.8 Å². The van der Waals surface area contributed by atoms with Gasteiger partial charge in [0, 0.05) is 18.7 Å². The van der Waals surface area contributed by atoms with Crippen molar-refractivity contribution in [1.29, 1.82) is 0 Å². The van der Waals surface area contributed by atoms with E-state index in [0.29, 0.717) is 24.2 Å². The fourth-order valence-electron chi connectivity index (χ4n) is 2.61. The van der Waals surface area contributed by atoms with Gasteiger partial charge in [-0.25, -0.2) is 4.98 Å². The number of hydrogen-bond donors (Lipinski definition) is 1. The third kappa shape index (κ3) is 3.77. The molecule has 0 radical (unpaired) electrons. The molecule has 1 aliphatic rings. The molecule has 1 saturated heterocycles. The number of aryl methyl sites for hydroxylation is 1. The molecule has 0 spiro atoms. The molecule has 2 aromatic rings. The maximum Gasteiger partial charge on any atom is 0.262 e. The van der Waals surface area contributed by atoms with Crippen molar-refractivity contribution in [1.82, 2.24) is 10.3 Å². The Morgan fingerprint density at radius 2 is 2.05 bits per heavy atom. The number of nitrogens with zero attached hydrogens (tertiary/aromatic N) is 1. The minimum atomic E-state index is 0.528. The van der Waals surface area contributed by atoms with Crippen LogP contribution in [0.2, 0.25) is 0 Å². The molecule has 116 valence electrons. The first-order chi connectivity index (χ1) is 10.8. The number of pyridine rings is 1. The second-order valence-electron chi connectivity index (χ2n) is 5.70. The van der Waals surface area contributed by atoms with Crippen molar-refractivity contribution in [2.75, 3.05) is 19.7 Å². The maximum atomic E-state index is 5.96. The molecule has 1 atom stereocenters. The lowest BCUT2D eigenvalue weighted by Crippen LogP contribution is -2.33. The van der Waals surface area contributed by atoms with Crippen LogP contribution in [0.1, 0.15) is 18.4 Å². The van der Waals surface area contributed by atoms with Gasteiger partial charge in [0.15, 0.2) is 5.75 Å². The van der Waals surface area contributed by atoms with E-state index in [1.54, 1.807) is 6.20 Å². The molecule has 0 bridgehead atoms. The molecule has 4 nitrogen and oxygen atoms in total. The zero-order chi connectivity index (χ0) is 15.2. The van der Waals surface area contributed by atoms with Gasteiger partial charge in [0.25, 0.3) is 5.88 Å². The average Bonchev–Trinajstić information content (AvgIpc) is 2.57. The van der Waals surface area contributed by atoms with Crippen molar-refractivity contribution in [3.05, 3.63) is 48.2 Å². The molecule has 1 aromatic carbocycles. The molecule has 3 rings (SSSR count). The molecule has 1 aliphatic heterocycles. The van der Waals surface area contributed by atoms with Gasteiger partial charge >= 0.3 is 0 Å². The van der Waals surface area contributed by atoms with Gasteiger partial charge in [0.2, 0.25) is 0 Å². The normalized spacial score (nSPS) is 18.0. The summed E-state index contributed by atoms with van der Waals surface area (Å²) in [7, 11) is 0. The Hall–Kier alpha value is -2.07. The van der Waals surface area contributed by atoms with Crippen molar-refractivity contribution in [2.45, 2.75) is 19.8 Å². The average molecular weight is 298 g/mol. The fraction of sp³-hybridized carbons (Fsp3) is 0.389. The molecule has 2 heterocycles. The van der Waals surface area contributed by atoms with Gasteiger partial charge in [-0.1, -0.05) is 18.2 Å². The van der Waals surface area contributed by atoms with Crippen LogP contribution in [0, 0.1) is 12.8 Å². The van der Waals surface area contributed by atoms with E-state index in [4.69, 9.17) is 9.47 Å². The van der Waals surface area contributed by atoms with Gasteiger partial charge in [0.05, 0.1) is 6.61 Å². The second kappa shape index (κ2) is 7.27. The Morgan fingerprint density at radius 3 is 2.86 bits per heavy atom. The first-order valence-electron chi connectivity index (χ1n) is 7.85. The summed E-state index contributed by atoms with van der Waals surface area (Å²) in [4.78, 5) is 4.32. The van der Waals surface area contributed by atoms with Crippen LogP contribution >= 0.6 is 0 Å². The fourth-order valence-corrected chi connectivity index (χ4v) is 2.61. The maximum absolute atomic E-state index is 5.96. The van der Waals surface area contributed by atoms with Gasteiger partial charge in [0.1, 0.15) is 5.75 Å². The number of rotatable bonds is 5. The largest absolute Gasteiger partial charge is 0.488 e. The number of benzene rings is 1. The molecule has 1 aromatic heterocycles. The summed E-state index contributed by atoms with van der Waals surface area (Å²) in [5, 5.41) is 3.41. The smallest absolute Gasteiger partial charge is 0.262 e. The van der Waals surface area contributed by atoms with Crippen LogP contribution in [0.5, 0.6) is 17.4 Å². The molecule has 0 amide bonds. The SMILES string of the molecule is Cc1ccccc1Oc1ncccc1OC[C@H]1CCCNC1. The van der Waals surface area contributed by atoms with E-state index in [1.165, 1.54) is 12.8 Å². The summed E-state index contributed by atoms with van der Waals surface area (Å²) >= 11 is 0. The van der Waals surface area contributed by atoms with E-state index >= 15 is 0 Å². The Kier molecular flexibility index (Phi) is 4.91. The lowest BCUT2D eigenvalue weighted by molar-refractivity contribution is 0.211. The van der Waals surface area contributed by atoms with Crippen LogP contribution in [0.4, 0.5) is 0 Å².